The Labute approximate surface area is 182 Å². The van der Waals surface area contributed by atoms with Crippen LogP contribution >= 0.6 is 0 Å². The van der Waals surface area contributed by atoms with E-state index in [1.807, 2.05) is 48.5 Å². The number of aromatic nitrogens is 1. The largest absolute Gasteiger partial charge is 0.435 e. The molecule has 0 unspecified atom stereocenters. The fourth-order valence-electron chi connectivity index (χ4n) is 4.78. The van der Waals surface area contributed by atoms with Crippen LogP contribution in [0.25, 0.3) is 6.08 Å². The van der Waals surface area contributed by atoms with Crippen molar-refractivity contribution in [1.82, 2.24) is 0 Å². The summed E-state index contributed by atoms with van der Waals surface area (Å²) in [6, 6.07) is 20.2. The van der Waals surface area contributed by atoms with Crippen molar-refractivity contribution in [2.75, 3.05) is 18.0 Å². The van der Waals surface area contributed by atoms with Gasteiger partial charge in [0.25, 0.3) is 5.67 Å². The third-order valence-corrected chi connectivity index (χ3v) is 6.38. The number of hydrogen-bond acceptors (Lipinski definition) is 2. The minimum absolute atomic E-state index is 0.00392. The SMILES string of the molecule is O=C([n+]1ccc(N2CCCC2)c2c1C=CC2)[C@@](F)(Cc1ccccc1)c1ccccc1. The summed E-state index contributed by atoms with van der Waals surface area (Å²) < 4.78 is 18.3. The van der Waals surface area contributed by atoms with Crippen molar-refractivity contribution >= 4 is 17.7 Å². The summed E-state index contributed by atoms with van der Waals surface area (Å²) in [6.07, 6.45) is 8.93. The Morgan fingerprint density at radius 1 is 0.968 bits per heavy atom. The molecule has 2 heterocycles. The van der Waals surface area contributed by atoms with E-state index < -0.39 is 11.6 Å². The quantitative estimate of drug-likeness (QED) is 0.556. The molecule has 0 radical (unpaired) electrons. The molecule has 1 aromatic heterocycles. The molecular formula is C27H26FN2O+. The summed E-state index contributed by atoms with van der Waals surface area (Å²) >= 11 is 0. The molecule has 1 atom stereocenters. The van der Waals surface area contributed by atoms with Crippen molar-refractivity contribution in [3.8, 4) is 0 Å². The van der Waals surface area contributed by atoms with Gasteiger partial charge in [0.05, 0.1) is 11.3 Å². The van der Waals surface area contributed by atoms with E-state index in [2.05, 4.69) is 11.0 Å². The second-order valence-corrected chi connectivity index (χ2v) is 8.37. The molecule has 31 heavy (non-hydrogen) atoms. The number of alkyl halides is 1. The number of fused-ring (bicyclic) bond motifs is 1. The maximum absolute atomic E-state index is 16.8. The highest BCUT2D eigenvalue weighted by Gasteiger charge is 2.49. The number of rotatable bonds is 5. The van der Waals surface area contributed by atoms with E-state index in [9.17, 15) is 4.79 Å². The zero-order valence-electron chi connectivity index (χ0n) is 17.5. The minimum atomic E-state index is -2.16. The third-order valence-electron chi connectivity index (χ3n) is 6.38. The molecule has 4 heteroatoms. The summed E-state index contributed by atoms with van der Waals surface area (Å²) in [4.78, 5) is 16.2. The maximum atomic E-state index is 16.8. The lowest BCUT2D eigenvalue weighted by Crippen LogP contribution is -2.55. The van der Waals surface area contributed by atoms with Gasteiger partial charge in [-0.25, -0.2) is 9.18 Å². The van der Waals surface area contributed by atoms with Crippen LogP contribution in [-0.2, 0) is 18.5 Å². The number of halogens is 1. The number of carbonyl (C=O) groups is 1. The van der Waals surface area contributed by atoms with Crippen LogP contribution in [0.2, 0.25) is 0 Å². The first-order valence-corrected chi connectivity index (χ1v) is 11.0. The smallest absolute Gasteiger partial charge is 0.371 e. The van der Waals surface area contributed by atoms with Gasteiger partial charge in [0.15, 0.2) is 6.20 Å². The van der Waals surface area contributed by atoms with Gasteiger partial charge in [-0.05, 0) is 24.8 Å². The second-order valence-electron chi connectivity index (χ2n) is 8.37. The first kappa shape index (κ1) is 19.7. The van der Waals surface area contributed by atoms with Gasteiger partial charge in [0, 0.05) is 37.2 Å². The zero-order valence-corrected chi connectivity index (χ0v) is 17.5. The highest BCUT2D eigenvalue weighted by atomic mass is 19.1. The summed E-state index contributed by atoms with van der Waals surface area (Å²) in [5.41, 5.74) is 2.12. The standard InChI is InChI=1S/C27H26FN2O/c28-27(22-12-5-2-6-13-22,20-21-10-3-1-4-11-21)26(31)30-19-16-24(29-17-7-8-18-29)23-14-9-15-25(23)30/h1-6,9-13,15-16,19H,7-8,14,17-18,20H2/q+1/t27-/m1/s1. The molecule has 0 amide bonds. The minimum Gasteiger partial charge on any atom is -0.371 e. The predicted molar refractivity (Wildman–Crippen MR) is 121 cm³/mol. The van der Waals surface area contributed by atoms with Crippen LogP contribution in [0, 0.1) is 0 Å². The van der Waals surface area contributed by atoms with Crippen LogP contribution in [0.4, 0.5) is 10.1 Å². The van der Waals surface area contributed by atoms with Gasteiger partial charge in [-0.3, -0.25) is 0 Å². The van der Waals surface area contributed by atoms with Gasteiger partial charge in [-0.2, -0.15) is 0 Å². The van der Waals surface area contributed by atoms with Crippen LogP contribution in [0.3, 0.4) is 0 Å². The highest BCUT2D eigenvalue weighted by molar-refractivity contribution is 5.81. The van der Waals surface area contributed by atoms with Gasteiger partial charge in [-0.15, -0.1) is 4.57 Å². The van der Waals surface area contributed by atoms with E-state index in [0.29, 0.717) is 5.56 Å². The van der Waals surface area contributed by atoms with Gasteiger partial charge in [0.1, 0.15) is 0 Å². The monoisotopic (exact) mass is 413 g/mol. The number of anilines is 1. The lowest BCUT2D eigenvalue weighted by Gasteiger charge is -2.23. The molecule has 0 N–H and O–H groups in total. The number of hydrogen-bond donors (Lipinski definition) is 0. The normalized spacial score (nSPS) is 16.9. The first-order valence-electron chi connectivity index (χ1n) is 11.0. The van der Waals surface area contributed by atoms with Gasteiger partial charge >= 0.3 is 5.91 Å². The number of nitrogens with zero attached hydrogens (tertiary/aromatic N) is 2. The number of benzene rings is 2. The average Bonchev–Trinajstić information content (AvgIpc) is 3.52. The highest BCUT2D eigenvalue weighted by Crippen LogP contribution is 2.34. The van der Waals surface area contributed by atoms with Gasteiger partial charge < -0.3 is 4.90 Å². The number of pyridine rings is 1. The van der Waals surface area contributed by atoms with Crippen molar-refractivity contribution in [1.29, 1.82) is 0 Å². The van der Waals surface area contributed by atoms with Crippen LogP contribution in [0.1, 0.15) is 40.0 Å². The van der Waals surface area contributed by atoms with Crippen molar-refractivity contribution in [2.45, 2.75) is 31.4 Å². The fourth-order valence-corrected chi connectivity index (χ4v) is 4.78. The molecule has 0 saturated carbocycles. The molecule has 2 aromatic carbocycles. The summed E-state index contributed by atoms with van der Waals surface area (Å²) in [5, 5.41) is 0. The molecule has 156 valence electrons. The molecule has 3 nitrogen and oxygen atoms in total. The van der Waals surface area contributed by atoms with E-state index in [1.54, 1.807) is 30.5 Å². The Kier molecular flexibility index (Phi) is 5.14. The predicted octanol–water partition coefficient (Wildman–Crippen LogP) is 4.89. The van der Waals surface area contributed by atoms with E-state index >= 15 is 4.39 Å². The molecule has 1 aliphatic carbocycles. The Balaban J connectivity index is 1.59. The summed E-state index contributed by atoms with van der Waals surface area (Å²) in [5.74, 6) is -0.543. The van der Waals surface area contributed by atoms with Crippen LogP contribution in [0.5, 0.6) is 0 Å². The lowest BCUT2D eigenvalue weighted by atomic mass is 9.87. The Morgan fingerprint density at radius 3 is 2.35 bits per heavy atom. The maximum Gasteiger partial charge on any atom is 0.435 e. The first-order chi connectivity index (χ1) is 15.2. The summed E-state index contributed by atoms with van der Waals surface area (Å²) in [6.45, 7) is 2.07. The van der Waals surface area contributed by atoms with Crippen molar-refractivity contribution in [3.63, 3.8) is 0 Å². The third kappa shape index (κ3) is 3.56. The molecule has 5 rings (SSSR count). The molecule has 1 aliphatic heterocycles. The number of carbonyl (C=O) groups excluding carboxylic acids is 1. The fraction of sp³-hybridized carbons (Fsp3) is 0.259. The van der Waals surface area contributed by atoms with E-state index in [1.165, 1.54) is 23.1 Å². The second kappa shape index (κ2) is 8.10. The number of allylic oxidation sites excluding steroid dienone is 1. The average molecular weight is 414 g/mol. The van der Waals surface area contributed by atoms with E-state index in [-0.39, 0.29) is 6.42 Å². The molecule has 0 spiro atoms. The Morgan fingerprint density at radius 2 is 1.65 bits per heavy atom. The molecule has 0 bridgehead atoms. The van der Waals surface area contributed by atoms with Crippen LogP contribution < -0.4 is 9.47 Å². The van der Waals surface area contributed by atoms with E-state index in [4.69, 9.17) is 0 Å². The lowest BCUT2D eigenvalue weighted by molar-refractivity contribution is -0.582. The Bertz CT molecular complexity index is 1120. The molecule has 2 aliphatic rings. The van der Waals surface area contributed by atoms with Gasteiger partial charge in [0.2, 0.25) is 5.69 Å². The summed E-state index contributed by atoms with van der Waals surface area (Å²) in [7, 11) is 0. The van der Waals surface area contributed by atoms with Crippen molar-refractivity contribution < 1.29 is 13.8 Å². The molecule has 1 fully saturated rings. The van der Waals surface area contributed by atoms with Crippen molar-refractivity contribution in [3.05, 3.63) is 101 Å². The van der Waals surface area contributed by atoms with E-state index in [0.717, 1.165) is 36.3 Å². The topological polar surface area (TPSA) is 24.2 Å². The molecule has 1 saturated heterocycles. The van der Waals surface area contributed by atoms with Gasteiger partial charge in [-0.1, -0.05) is 66.7 Å². The van der Waals surface area contributed by atoms with Crippen LogP contribution in [-0.4, -0.2) is 19.0 Å². The molecular weight excluding hydrogens is 387 g/mol. The van der Waals surface area contributed by atoms with Crippen LogP contribution in [0.15, 0.2) is 79.0 Å². The molecule has 3 aromatic rings. The Hall–Kier alpha value is -3.27. The zero-order chi connectivity index (χ0) is 21.3. The van der Waals surface area contributed by atoms with Crippen molar-refractivity contribution in [2.24, 2.45) is 0 Å².